The van der Waals surface area contributed by atoms with Gasteiger partial charge in [0.25, 0.3) is 5.91 Å². The van der Waals surface area contributed by atoms with Gasteiger partial charge in [0.15, 0.2) is 0 Å². The van der Waals surface area contributed by atoms with Crippen molar-refractivity contribution in [3.8, 4) is 0 Å². The smallest absolute Gasteiger partial charge is 0.251 e. The average molecular weight is 405 g/mol. The number of hydrogen-bond donors (Lipinski definition) is 3. The second-order valence-electron chi connectivity index (χ2n) is 5.96. The Hall–Kier alpha value is -1.11. The fraction of sp³-hybridized carbons (Fsp3) is 0.500. The predicted octanol–water partition coefficient (Wildman–Crippen LogP) is 2.23. The van der Waals surface area contributed by atoms with Crippen molar-refractivity contribution in [3.05, 3.63) is 34.3 Å². The topological polar surface area (TPSA) is 84.2 Å². The lowest BCUT2D eigenvalue weighted by molar-refractivity contribution is -0.122. The Labute approximate surface area is 151 Å². The molecule has 5 nitrogen and oxygen atoms in total. The molecule has 1 unspecified atom stereocenters. The van der Waals surface area contributed by atoms with E-state index in [9.17, 15) is 9.59 Å². The lowest BCUT2D eigenvalue weighted by Crippen LogP contribution is -2.53. The molecule has 1 aromatic carbocycles. The van der Waals surface area contributed by atoms with Crippen LogP contribution in [0.5, 0.6) is 0 Å². The summed E-state index contributed by atoms with van der Waals surface area (Å²) in [5, 5.41) is 5.76. The third-order valence-corrected chi connectivity index (χ3v) is 4.60. The summed E-state index contributed by atoms with van der Waals surface area (Å²) >= 11 is 3.32. The van der Waals surface area contributed by atoms with Crippen LogP contribution in [-0.4, -0.2) is 30.4 Å². The number of nitrogens with one attached hydrogen (secondary N) is 2. The van der Waals surface area contributed by atoms with Gasteiger partial charge in [-0.2, -0.15) is 0 Å². The molecular formula is C16H23BrClN3O2. The second-order valence-corrected chi connectivity index (χ2v) is 6.87. The molecule has 4 N–H and O–H groups in total. The fourth-order valence-corrected chi connectivity index (χ4v) is 2.68. The van der Waals surface area contributed by atoms with Crippen LogP contribution in [0.3, 0.4) is 0 Å². The minimum atomic E-state index is -0.313. The molecule has 2 amide bonds. The number of benzene rings is 1. The van der Waals surface area contributed by atoms with E-state index >= 15 is 0 Å². The van der Waals surface area contributed by atoms with E-state index in [-0.39, 0.29) is 36.2 Å². The Bertz CT molecular complexity index is 549. The zero-order valence-corrected chi connectivity index (χ0v) is 15.5. The zero-order valence-electron chi connectivity index (χ0n) is 13.1. The first-order valence-corrected chi connectivity index (χ1v) is 8.29. The molecule has 0 radical (unpaired) electrons. The minimum Gasteiger partial charge on any atom is -0.352 e. The monoisotopic (exact) mass is 403 g/mol. The van der Waals surface area contributed by atoms with Gasteiger partial charge in [-0.25, -0.2) is 0 Å². The van der Waals surface area contributed by atoms with Gasteiger partial charge in [0.2, 0.25) is 5.91 Å². The summed E-state index contributed by atoms with van der Waals surface area (Å²) in [5.41, 5.74) is 6.04. The van der Waals surface area contributed by atoms with Gasteiger partial charge in [-0.05, 0) is 49.9 Å². The van der Waals surface area contributed by atoms with E-state index in [1.54, 1.807) is 12.1 Å². The first-order valence-electron chi connectivity index (χ1n) is 7.49. The van der Waals surface area contributed by atoms with Crippen LogP contribution in [0.1, 0.15) is 36.5 Å². The maximum absolute atomic E-state index is 12.0. The molecule has 7 heteroatoms. The summed E-state index contributed by atoms with van der Waals surface area (Å²) in [4.78, 5) is 23.9. The summed E-state index contributed by atoms with van der Waals surface area (Å²) in [6.07, 6.45) is 2.49. The van der Waals surface area contributed by atoms with E-state index in [4.69, 9.17) is 5.73 Å². The summed E-state index contributed by atoms with van der Waals surface area (Å²) in [6.45, 7) is 2.74. The highest BCUT2D eigenvalue weighted by atomic mass is 79.9. The number of hydrogen-bond acceptors (Lipinski definition) is 3. The first kappa shape index (κ1) is 19.9. The zero-order chi connectivity index (χ0) is 16.2. The van der Waals surface area contributed by atoms with Crippen molar-refractivity contribution < 1.29 is 9.59 Å². The fourth-order valence-electron chi connectivity index (χ4n) is 2.41. The lowest BCUT2D eigenvalue weighted by atomic mass is 9.96. The molecule has 0 heterocycles. The standard InChI is InChI=1S/C16H22BrN3O2.ClH/c1-16(10-18,12-4-5-12)20-14(21)8-9-19-15(22)11-2-6-13(17)7-3-11;/h2-3,6-7,12H,4-5,8-10,18H2,1H3,(H,19,22)(H,20,21);1H. The van der Waals surface area contributed by atoms with Gasteiger partial charge < -0.3 is 16.4 Å². The maximum Gasteiger partial charge on any atom is 0.251 e. The number of halogens is 2. The Morgan fingerprint density at radius 3 is 2.43 bits per heavy atom. The molecule has 1 atom stereocenters. The molecule has 0 bridgehead atoms. The van der Waals surface area contributed by atoms with E-state index in [0.717, 1.165) is 17.3 Å². The molecule has 1 aromatic rings. The minimum absolute atomic E-state index is 0. The van der Waals surface area contributed by atoms with Crippen LogP contribution in [0, 0.1) is 5.92 Å². The van der Waals surface area contributed by atoms with Gasteiger partial charge in [-0.1, -0.05) is 15.9 Å². The van der Waals surface area contributed by atoms with E-state index in [0.29, 0.717) is 24.6 Å². The summed E-state index contributed by atoms with van der Waals surface area (Å²) < 4.78 is 0.921. The number of amides is 2. The van der Waals surface area contributed by atoms with Crippen LogP contribution in [0.25, 0.3) is 0 Å². The van der Waals surface area contributed by atoms with Crippen molar-refractivity contribution in [2.24, 2.45) is 11.7 Å². The Morgan fingerprint density at radius 2 is 1.91 bits per heavy atom. The third-order valence-electron chi connectivity index (χ3n) is 4.07. The SMILES string of the molecule is CC(CN)(NC(=O)CCNC(=O)c1ccc(Br)cc1)C1CC1.Cl. The van der Waals surface area contributed by atoms with Crippen LogP contribution in [0.4, 0.5) is 0 Å². The highest BCUT2D eigenvalue weighted by Gasteiger charge is 2.41. The predicted molar refractivity (Wildman–Crippen MR) is 96.7 cm³/mol. The van der Waals surface area contributed by atoms with Crippen LogP contribution >= 0.6 is 28.3 Å². The molecular weight excluding hydrogens is 382 g/mol. The summed E-state index contributed by atoms with van der Waals surface area (Å²) in [6, 6.07) is 7.09. The normalized spacial score (nSPS) is 16.0. The van der Waals surface area contributed by atoms with E-state index in [1.807, 2.05) is 19.1 Å². The summed E-state index contributed by atoms with van der Waals surface area (Å²) in [5.74, 6) is 0.235. The number of carbonyl (C=O) groups excluding carboxylic acids is 2. The molecule has 1 aliphatic rings. The van der Waals surface area contributed by atoms with E-state index in [1.165, 1.54) is 0 Å². The molecule has 1 saturated carbocycles. The molecule has 2 rings (SSSR count). The second kappa shape index (κ2) is 8.66. The first-order chi connectivity index (χ1) is 10.4. The van der Waals surface area contributed by atoms with Gasteiger partial charge in [0, 0.05) is 29.5 Å². The van der Waals surface area contributed by atoms with Crippen molar-refractivity contribution in [3.63, 3.8) is 0 Å². The van der Waals surface area contributed by atoms with E-state index < -0.39 is 0 Å². The van der Waals surface area contributed by atoms with Crippen molar-refractivity contribution in [1.29, 1.82) is 0 Å². The third kappa shape index (κ3) is 5.79. The van der Waals surface area contributed by atoms with Crippen molar-refractivity contribution in [2.45, 2.75) is 31.7 Å². The molecule has 23 heavy (non-hydrogen) atoms. The van der Waals surface area contributed by atoms with Crippen LogP contribution in [0.2, 0.25) is 0 Å². The maximum atomic E-state index is 12.0. The Morgan fingerprint density at radius 1 is 1.30 bits per heavy atom. The highest BCUT2D eigenvalue weighted by Crippen LogP contribution is 2.38. The van der Waals surface area contributed by atoms with Crippen LogP contribution in [0.15, 0.2) is 28.7 Å². The van der Waals surface area contributed by atoms with E-state index in [2.05, 4.69) is 26.6 Å². The Kier molecular flexibility index (Phi) is 7.51. The summed E-state index contributed by atoms with van der Waals surface area (Å²) in [7, 11) is 0. The quantitative estimate of drug-likeness (QED) is 0.651. The molecule has 1 aliphatic carbocycles. The largest absolute Gasteiger partial charge is 0.352 e. The number of carbonyl (C=O) groups is 2. The highest BCUT2D eigenvalue weighted by molar-refractivity contribution is 9.10. The van der Waals surface area contributed by atoms with Gasteiger partial charge in [0.05, 0.1) is 5.54 Å². The van der Waals surface area contributed by atoms with Crippen LogP contribution in [-0.2, 0) is 4.79 Å². The number of rotatable bonds is 7. The molecule has 0 aromatic heterocycles. The van der Waals surface area contributed by atoms with Crippen molar-refractivity contribution >= 4 is 40.2 Å². The molecule has 0 saturated heterocycles. The van der Waals surface area contributed by atoms with Crippen LogP contribution < -0.4 is 16.4 Å². The lowest BCUT2D eigenvalue weighted by Gasteiger charge is -2.29. The molecule has 1 fully saturated rings. The van der Waals surface area contributed by atoms with Gasteiger partial charge in [-0.15, -0.1) is 12.4 Å². The molecule has 128 valence electrons. The van der Waals surface area contributed by atoms with Gasteiger partial charge in [-0.3, -0.25) is 9.59 Å². The van der Waals surface area contributed by atoms with Gasteiger partial charge in [0.1, 0.15) is 0 Å². The van der Waals surface area contributed by atoms with Crippen molar-refractivity contribution in [2.75, 3.05) is 13.1 Å². The molecule has 0 spiro atoms. The molecule has 0 aliphatic heterocycles. The average Bonchev–Trinajstić information content (AvgIpc) is 3.32. The van der Waals surface area contributed by atoms with Crippen molar-refractivity contribution in [1.82, 2.24) is 10.6 Å². The number of nitrogens with two attached hydrogens (primary N) is 1. The Balaban J connectivity index is 0.00000264. The van der Waals surface area contributed by atoms with Gasteiger partial charge >= 0.3 is 0 Å².